The molecule has 0 amide bonds. The van der Waals surface area contributed by atoms with Gasteiger partial charge < -0.3 is 31.2 Å². The molecule has 0 fully saturated rings. The maximum Gasteiger partial charge on any atom is 1.00 e. The number of carbonyl (C=O) groups is 2. The van der Waals surface area contributed by atoms with Gasteiger partial charge in [-0.25, -0.2) is 7.11 Å². The first kappa shape index (κ1) is 29.7. The first-order chi connectivity index (χ1) is 6.04. The summed E-state index contributed by atoms with van der Waals surface area (Å²) in [6.07, 6.45) is 0. The van der Waals surface area contributed by atoms with Crippen molar-refractivity contribution in [2.45, 2.75) is 0 Å². The molecule has 5 N–H and O–H groups in total. The van der Waals surface area contributed by atoms with Crippen molar-refractivity contribution in [2.24, 2.45) is 5.73 Å². The van der Waals surface area contributed by atoms with Gasteiger partial charge in [0.2, 0.25) is 0 Å². The zero-order valence-corrected chi connectivity index (χ0v) is 13.3. The summed E-state index contributed by atoms with van der Waals surface area (Å²) in [7, 11) is 3.84. The van der Waals surface area contributed by atoms with Crippen molar-refractivity contribution in [1.29, 1.82) is 0 Å². The van der Waals surface area contributed by atoms with Crippen LogP contribution in [0.4, 0.5) is 0 Å². The monoisotopic (exact) mass is 240 g/mol. The third-order valence-corrected chi connectivity index (χ3v) is 0.495. The molecule has 15 heavy (non-hydrogen) atoms. The minimum Gasteiger partial charge on any atom is -0.569 e. The molecule has 0 aromatic carbocycles. The third-order valence-electron chi connectivity index (χ3n) is 0.495. The minimum atomic E-state index is -1.22. The SMILES string of the molecule is CNCC(=O)O.NCC(=O)[O-].[CH2-]O.[Na+].[Na+]. The second-order valence-electron chi connectivity index (χ2n) is 1.50. The summed E-state index contributed by atoms with van der Waals surface area (Å²) < 4.78 is 0. The van der Waals surface area contributed by atoms with E-state index in [4.69, 9.17) is 20.1 Å². The van der Waals surface area contributed by atoms with Crippen LogP contribution < -0.4 is 75.3 Å². The molecule has 0 aromatic rings. The number of aliphatic hydroxyl groups excluding tert-OH is 1. The Kier molecular flexibility index (Phi) is 58.1. The van der Waals surface area contributed by atoms with Crippen LogP contribution in [-0.2, 0) is 9.59 Å². The van der Waals surface area contributed by atoms with Gasteiger partial charge in [0.25, 0.3) is 0 Å². The predicted octanol–water partition coefficient (Wildman–Crippen LogP) is -8.86. The van der Waals surface area contributed by atoms with Crippen LogP contribution >= 0.6 is 0 Å². The fraction of sp³-hybridized carbons (Fsp3) is 0.500. The van der Waals surface area contributed by atoms with Crippen LogP contribution in [0.2, 0.25) is 0 Å². The maximum absolute atomic E-state index is 9.54. The molecule has 9 heteroatoms. The molecular formula is C6H14N2Na2O5. The van der Waals surface area contributed by atoms with E-state index < -0.39 is 11.9 Å². The summed E-state index contributed by atoms with van der Waals surface area (Å²) in [6.45, 7) is -0.347. The number of aliphatic carboxylic acids is 2. The average molecular weight is 240 g/mol. The van der Waals surface area contributed by atoms with Crippen LogP contribution in [0.3, 0.4) is 0 Å². The van der Waals surface area contributed by atoms with Gasteiger partial charge in [-0.05, 0) is 7.05 Å². The number of nitrogens with one attached hydrogen (secondary N) is 1. The number of nitrogens with two attached hydrogens (primary N) is 1. The Morgan fingerprint density at radius 3 is 1.67 bits per heavy atom. The van der Waals surface area contributed by atoms with E-state index in [0.717, 1.165) is 0 Å². The van der Waals surface area contributed by atoms with Gasteiger partial charge in [0.1, 0.15) is 0 Å². The van der Waals surface area contributed by atoms with Gasteiger partial charge >= 0.3 is 65.1 Å². The number of carbonyl (C=O) groups excluding carboxylic acids is 1. The summed E-state index contributed by atoms with van der Waals surface area (Å²) in [5, 5.41) is 26.2. The predicted molar refractivity (Wildman–Crippen MR) is 42.9 cm³/mol. The largest absolute Gasteiger partial charge is 1.00 e. The number of rotatable bonds is 3. The van der Waals surface area contributed by atoms with E-state index in [9.17, 15) is 4.79 Å². The van der Waals surface area contributed by atoms with Gasteiger partial charge in [0, 0.05) is 6.54 Å². The molecule has 0 aliphatic carbocycles. The van der Waals surface area contributed by atoms with E-state index >= 15 is 0 Å². The normalized spacial score (nSPS) is 6.13. The standard InChI is InChI=1S/C3H7NO2.C2H5NO2.CH3O.2Na/c1-4-2-3(5)6;3-1-2(4)5;1-2;;/h4H,2H2,1H3,(H,5,6);1,3H2,(H,4,5);2H,1H2;;/q;;-1;2*+1/p-1. The van der Waals surface area contributed by atoms with Gasteiger partial charge in [-0.15, -0.1) is 0 Å². The van der Waals surface area contributed by atoms with Gasteiger partial charge in [-0.1, -0.05) is 0 Å². The number of likely N-dealkylation sites (N-methyl/N-ethyl adjacent to an activating group) is 1. The summed E-state index contributed by atoms with van der Waals surface area (Å²) in [5.74, 6) is -2.04. The maximum atomic E-state index is 9.54. The number of carboxylic acid groups (broad SMARTS) is 2. The Bertz CT molecular complexity index is 137. The molecule has 0 rings (SSSR count). The van der Waals surface area contributed by atoms with Crippen molar-refractivity contribution < 1.29 is 84.0 Å². The molecule has 80 valence electrons. The fourth-order valence-electron chi connectivity index (χ4n) is 0.151. The van der Waals surface area contributed by atoms with Crippen molar-refractivity contribution >= 4 is 11.9 Å². The van der Waals surface area contributed by atoms with E-state index in [2.05, 4.69) is 18.2 Å². The molecule has 0 bridgehead atoms. The Morgan fingerprint density at radius 2 is 1.67 bits per heavy atom. The van der Waals surface area contributed by atoms with Crippen LogP contribution in [0.5, 0.6) is 0 Å². The molecule has 0 saturated carbocycles. The number of carboxylic acids is 2. The van der Waals surface area contributed by atoms with Crippen molar-refractivity contribution in [2.75, 3.05) is 20.1 Å². The van der Waals surface area contributed by atoms with Crippen LogP contribution in [0.1, 0.15) is 0 Å². The van der Waals surface area contributed by atoms with Crippen LogP contribution in [0, 0.1) is 7.11 Å². The van der Waals surface area contributed by atoms with Crippen molar-refractivity contribution in [3.05, 3.63) is 7.11 Å². The summed E-state index contributed by atoms with van der Waals surface area (Å²) in [4.78, 5) is 18.7. The second kappa shape index (κ2) is 29.4. The Morgan fingerprint density at radius 1 is 1.40 bits per heavy atom. The molecule has 7 nitrogen and oxygen atoms in total. The second-order valence-corrected chi connectivity index (χ2v) is 1.50. The van der Waals surface area contributed by atoms with Gasteiger partial charge in [-0.2, -0.15) is 0 Å². The topological polar surface area (TPSA) is 136 Å². The van der Waals surface area contributed by atoms with Gasteiger partial charge in [-0.3, -0.25) is 4.79 Å². The quantitative estimate of drug-likeness (QED) is 0.284. The number of hydrogen-bond donors (Lipinski definition) is 4. The van der Waals surface area contributed by atoms with E-state index in [1.54, 1.807) is 7.05 Å². The van der Waals surface area contributed by atoms with Crippen molar-refractivity contribution in [1.82, 2.24) is 5.32 Å². The molecular weight excluding hydrogens is 226 g/mol. The van der Waals surface area contributed by atoms with Gasteiger partial charge in [0.15, 0.2) is 0 Å². The van der Waals surface area contributed by atoms with Crippen LogP contribution in [0.15, 0.2) is 0 Å². The molecule has 0 saturated heterocycles. The molecule has 0 aliphatic rings. The summed E-state index contributed by atoms with van der Waals surface area (Å²) in [5.41, 5.74) is 4.51. The fourth-order valence-corrected chi connectivity index (χ4v) is 0.151. The molecule has 0 aliphatic heterocycles. The van der Waals surface area contributed by atoms with Crippen molar-refractivity contribution in [3.8, 4) is 0 Å². The Hall–Kier alpha value is 0.820. The molecule has 0 unspecified atom stereocenters. The minimum absolute atomic E-state index is 0. The smallest absolute Gasteiger partial charge is 0.569 e. The zero-order valence-electron chi connectivity index (χ0n) is 9.32. The third kappa shape index (κ3) is 71.9. The van der Waals surface area contributed by atoms with Crippen LogP contribution in [-0.4, -0.2) is 42.3 Å². The first-order valence-electron chi connectivity index (χ1n) is 3.12. The molecule has 0 spiro atoms. The number of aliphatic hydroxyl groups is 1. The van der Waals surface area contributed by atoms with Gasteiger partial charge in [0.05, 0.1) is 12.5 Å². The Balaban J connectivity index is -0.0000000344. The number of hydrogen-bond acceptors (Lipinski definition) is 6. The van der Waals surface area contributed by atoms with Crippen molar-refractivity contribution in [3.63, 3.8) is 0 Å². The average Bonchev–Trinajstić information content (AvgIpc) is 2.09. The van der Waals surface area contributed by atoms with E-state index in [1.807, 2.05) is 0 Å². The summed E-state index contributed by atoms with van der Waals surface area (Å²) >= 11 is 0. The van der Waals surface area contributed by atoms with E-state index in [0.29, 0.717) is 0 Å². The Labute approximate surface area is 133 Å². The molecule has 0 aromatic heterocycles. The van der Waals surface area contributed by atoms with E-state index in [1.165, 1.54) is 0 Å². The van der Waals surface area contributed by atoms with Crippen LogP contribution in [0.25, 0.3) is 0 Å². The first-order valence-corrected chi connectivity index (χ1v) is 3.12. The molecule has 0 radical (unpaired) electrons. The van der Waals surface area contributed by atoms with E-state index in [-0.39, 0.29) is 72.2 Å². The summed E-state index contributed by atoms with van der Waals surface area (Å²) in [6, 6.07) is 0. The molecule has 0 atom stereocenters. The molecule has 0 heterocycles. The zero-order chi connectivity index (χ0) is 11.3.